The van der Waals surface area contributed by atoms with Crippen LogP contribution in [-0.2, 0) is 0 Å². The highest BCUT2D eigenvalue weighted by Crippen LogP contribution is 2.07. The maximum atomic E-state index is 8.92. The summed E-state index contributed by atoms with van der Waals surface area (Å²) in [6.45, 7) is 0.0966. The molecule has 1 aliphatic rings. The van der Waals surface area contributed by atoms with E-state index in [0.29, 0.717) is 0 Å². The Balaban J connectivity index is 2.52. The molecule has 0 aromatic heterocycles. The van der Waals surface area contributed by atoms with Crippen LogP contribution >= 0.6 is 0 Å². The second kappa shape index (κ2) is 2.81. The monoisotopic (exact) mass is 149 g/mol. The second-order valence-electron chi connectivity index (χ2n) is 2.40. The van der Waals surface area contributed by atoms with Crippen molar-refractivity contribution in [3.63, 3.8) is 0 Å². The van der Waals surface area contributed by atoms with Crippen molar-refractivity contribution in [2.75, 3.05) is 6.54 Å². The van der Waals surface area contributed by atoms with E-state index in [2.05, 4.69) is 5.32 Å². The van der Waals surface area contributed by atoms with Crippen LogP contribution in [0.25, 0.3) is 0 Å². The lowest BCUT2D eigenvalue weighted by atomic mass is 10.0. The van der Waals surface area contributed by atoms with Crippen LogP contribution in [0.3, 0.4) is 0 Å². The average Bonchev–Trinajstić information content (AvgIpc) is 1.93. The van der Waals surface area contributed by atoms with Crippen LogP contribution < -0.4 is 5.32 Å². The molecule has 1 unspecified atom stereocenters. The van der Waals surface area contributed by atoms with Gasteiger partial charge in [0.05, 0.1) is 6.10 Å². The van der Waals surface area contributed by atoms with Gasteiger partial charge in [-0.25, -0.2) is 0 Å². The molecule has 0 spiro atoms. The summed E-state index contributed by atoms with van der Waals surface area (Å²) in [5, 5.41) is 37.9. The Labute approximate surface area is 57.9 Å². The van der Waals surface area contributed by atoms with E-state index in [1.54, 1.807) is 0 Å². The van der Waals surface area contributed by atoms with Crippen LogP contribution in [-0.4, -0.2) is 51.5 Å². The standard InChI is InChI=1S/C5H11NO4/c7-2-1-6-5(10)4(9)3(2)8/h2-10H,1H2/t2-,3-,4-,5?/m1/s1. The van der Waals surface area contributed by atoms with Gasteiger partial charge in [-0.15, -0.1) is 0 Å². The number of hydrogen-bond donors (Lipinski definition) is 5. The van der Waals surface area contributed by atoms with Gasteiger partial charge in [0.2, 0.25) is 0 Å². The van der Waals surface area contributed by atoms with Gasteiger partial charge >= 0.3 is 0 Å². The van der Waals surface area contributed by atoms with Crippen LogP contribution in [0, 0.1) is 0 Å². The number of nitrogens with one attached hydrogen (secondary N) is 1. The average molecular weight is 149 g/mol. The molecule has 0 bridgehead atoms. The number of β-amino-alcohol motifs (C(OH)–C–C–N with tert-alkyl or cyclic N) is 1. The lowest BCUT2D eigenvalue weighted by Crippen LogP contribution is -2.59. The first-order chi connectivity index (χ1) is 4.63. The lowest BCUT2D eigenvalue weighted by Gasteiger charge is -2.32. The summed E-state index contributed by atoms with van der Waals surface area (Å²) in [4.78, 5) is 0. The molecule has 5 heteroatoms. The van der Waals surface area contributed by atoms with Crippen LogP contribution in [0.2, 0.25) is 0 Å². The predicted octanol–water partition coefficient (Wildman–Crippen LogP) is -3.01. The molecule has 5 nitrogen and oxygen atoms in total. The van der Waals surface area contributed by atoms with Crippen molar-refractivity contribution in [2.24, 2.45) is 0 Å². The molecule has 1 rings (SSSR count). The number of aliphatic hydroxyl groups excluding tert-OH is 4. The van der Waals surface area contributed by atoms with E-state index in [9.17, 15) is 0 Å². The van der Waals surface area contributed by atoms with E-state index < -0.39 is 24.5 Å². The summed E-state index contributed by atoms with van der Waals surface area (Å²) in [6.07, 6.45) is -4.70. The third-order valence-electron chi connectivity index (χ3n) is 1.60. The smallest absolute Gasteiger partial charge is 0.133 e. The highest BCUT2D eigenvalue weighted by Gasteiger charge is 2.34. The fourth-order valence-corrected chi connectivity index (χ4v) is 0.897. The molecular formula is C5H11NO4. The van der Waals surface area contributed by atoms with Gasteiger partial charge in [0.25, 0.3) is 0 Å². The van der Waals surface area contributed by atoms with E-state index in [4.69, 9.17) is 20.4 Å². The maximum Gasteiger partial charge on any atom is 0.133 e. The minimum Gasteiger partial charge on any atom is -0.389 e. The molecule has 4 atom stereocenters. The highest BCUT2D eigenvalue weighted by atomic mass is 16.4. The van der Waals surface area contributed by atoms with Crippen molar-refractivity contribution < 1.29 is 20.4 Å². The van der Waals surface area contributed by atoms with Crippen molar-refractivity contribution >= 4 is 0 Å². The van der Waals surface area contributed by atoms with Crippen molar-refractivity contribution in [2.45, 2.75) is 24.5 Å². The summed E-state index contributed by atoms with van der Waals surface area (Å²) < 4.78 is 0. The molecule has 5 N–H and O–H groups in total. The van der Waals surface area contributed by atoms with E-state index in [1.807, 2.05) is 0 Å². The maximum absolute atomic E-state index is 8.92. The van der Waals surface area contributed by atoms with E-state index in [-0.39, 0.29) is 6.54 Å². The lowest BCUT2D eigenvalue weighted by molar-refractivity contribution is -0.139. The first-order valence-electron chi connectivity index (χ1n) is 3.08. The quantitative estimate of drug-likeness (QED) is 0.253. The van der Waals surface area contributed by atoms with Crippen LogP contribution in [0.15, 0.2) is 0 Å². The van der Waals surface area contributed by atoms with Gasteiger partial charge in [-0.05, 0) is 0 Å². The van der Waals surface area contributed by atoms with Gasteiger partial charge in [-0.3, -0.25) is 5.32 Å². The van der Waals surface area contributed by atoms with Crippen molar-refractivity contribution in [3.05, 3.63) is 0 Å². The normalized spacial score (nSPS) is 49.2. The van der Waals surface area contributed by atoms with Gasteiger partial charge in [0, 0.05) is 6.54 Å². The number of aliphatic hydroxyl groups is 4. The van der Waals surface area contributed by atoms with Gasteiger partial charge in [-0.1, -0.05) is 0 Å². The number of piperidine rings is 1. The van der Waals surface area contributed by atoms with Crippen molar-refractivity contribution in [1.29, 1.82) is 0 Å². The van der Waals surface area contributed by atoms with E-state index in [0.717, 1.165) is 0 Å². The highest BCUT2D eigenvalue weighted by molar-refractivity contribution is 4.86. The summed E-state index contributed by atoms with van der Waals surface area (Å²) >= 11 is 0. The van der Waals surface area contributed by atoms with Gasteiger partial charge in [-0.2, -0.15) is 0 Å². The summed E-state index contributed by atoms with van der Waals surface area (Å²) in [6, 6.07) is 0. The third-order valence-corrected chi connectivity index (χ3v) is 1.60. The molecule has 1 aliphatic heterocycles. The first kappa shape index (κ1) is 7.90. The van der Waals surface area contributed by atoms with E-state index in [1.165, 1.54) is 0 Å². The van der Waals surface area contributed by atoms with Gasteiger partial charge in [0.1, 0.15) is 18.4 Å². The summed E-state index contributed by atoms with van der Waals surface area (Å²) in [7, 11) is 0. The molecule has 10 heavy (non-hydrogen) atoms. The molecule has 1 heterocycles. The third kappa shape index (κ3) is 1.28. The van der Waals surface area contributed by atoms with E-state index >= 15 is 0 Å². The zero-order valence-electron chi connectivity index (χ0n) is 5.31. The van der Waals surface area contributed by atoms with Crippen LogP contribution in [0.1, 0.15) is 0 Å². The Morgan fingerprint density at radius 2 is 1.60 bits per heavy atom. The van der Waals surface area contributed by atoms with Crippen molar-refractivity contribution in [1.82, 2.24) is 5.32 Å². The molecule has 0 aromatic rings. The topological polar surface area (TPSA) is 93.0 Å². The molecule has 0 radical (unpaired) electrons. The van der Waals surface area contributed by atoms with Crippen LogP contribution in [0.5, 0.6) is 0 Å². The van der Waals surface area contributed by atoms with Crippen molar-refractivity contribution in [3.8, 4) is 0 Å². The molecule has 1 fully saturated rings. The predicted molar refractivity (Wildman–Crippen MR) is 32.0 cm³/mol. The SMILES string of the molecule is OC1NC[C@@H](O)[C@@H](O)[C@H]1O. The van der Waals surface area contributed by atoms with Gasteiger partial charge in [0.15, 0.2) is 0 Å². The second-order valence-corrected chi connectivity index (χ2v) is 2.40. The fraction of sp³-hybridized carbons (Fsp3) is 1.00. The zero-order valence-corrected chi connectivity index (χ0v) is 5.31. The molecule has 0 saturated carbocycles. The Morgan fingerprint density at radius 1 is 1.00 bits per heavy atom. The summed E-state index contributed by atoms with van der Waals surface area (Å²) in [5.41, 5.74) is 0. The minimum absolute atomic E-state index is 0.0966. The van der Waals surface area contributed by atoms with Gasteiger partial charge < -0.3 is 20.4 Å². The first-order valence-corrected chi connectivity index (χ1v) is 3.08. The zero-order chi connectivity index (χ0) is 7.72. The summed E-state index contributed by atoms with van der Waals surface area (Å²) in [5.74, 6) is 0. The van der Waals surface area contributed by atoms with Crippen LogP contribution in [0.4, 0.5) is 0 Å². The number of hydrogen-bond acceptors (Lipinski definition) is 5. The Kier molecular flexibility index (Phi) is 2.22. The fourth-order valence-electron chi connectivity index (χ4n) is 0.897. The molecular weight excluding hydrogens is 138 g/mol. The molecule has 1 saturated heterocycles. The molecule has 0 aromatic carbocycles. The largest absolute Gasteiger partial charge is 0.389 e. The Morgan fingerprint density at radius 3 is 2.10 bits per heavy atom. The minimum atomic E-state index is -1.30. The number of rotatable bonds is 0. The Bertz CT molecular complexity index is 106. The Hall–Kier alpha value is -0.200. The molecule has 0 aliphatic carbocycles. The molecule has 60 valence electrons. The molecule has 0 amide bonds.